The van der Waals surface area contributed by atoms with Crippen LogP contribution < -0.4 is 26.1 Å². The van der Waals surface area contributed by atoms with Gasteiger partial charge in [-0.05, 0) is 30.5 Å². The largest absolute Gasteiger partial charge is 0.497 e. The molecule has 0 aromatic heterocycles. The molecule has 136 valence electrons. The summed E-state index contributed by atoms with van der Waals surface area (Å²) in [5, 5.41) is 12.3. The van der Waals surface area contributed by atoms with E-state index in [-0.39, 0.29) is 24.3 Å². The fourth-order valence-corrected chi connectivity index (χ4v) is 4.15. The topological polar surface area (TPSA) is 77.7 Å². The van der Waals surface area contributed by atoms with Gasteiger partial charge in [-0.2, -0.15) is 0 Å². The minimum atomic E-state index is -0.233. The van der Waals surface area contributed by atoms with E-state index in [0.29, 0.717) is 19.1 Å². The van der Waals surface area contributed by atoms with Crippen molar-refractivity contribution < 1.29 is 9.53 Å². The molecule has 1 aromatic rings. The summed E-state index contributed by atoms with van der Waals surface area (Å²) in [6, 6.07) is 8.49. The monoisotopic (exact) mass is 345 g/mol. The Bertz CT molecular complexity index is 619. The minimum Gasteiger partial charge on any atom is -0.497 e. The lowest BCUT2D eigenvalue weighted by Gasteiger charge is -2.39. The van der Waals surface area contributed by atoms with Gasteiger partial charge in [0.2, 0.25) is 5.91 Å². The molecule has 1 amide bonds. The van der Waals surface area contributed by atoms with Gasteiger partial charge in [-0.15, -0.1) is 0 Å². The van der Waals surface area contributed by atoms with Crippen LogP contribution in [0.15, 0.2) is 24.3 Å². The molecule has 4 rings (SSSR count). The second-order valence-electron chi connectivity index (χ2n) is 7.10. The van der Waals surface area contributed by atoms with Crippen LogP contribution in [0.25, 0.3) is 0 Å². The van der Waals surface area contributed by atoms with Crippen LogP contribution in [0.2, 0.25) is 0 Å². The summed E-state index contributed by atoms with van der Waals surface area (Å²) in [5.74, 6) is 0.919. The SMILES string of the molecule is COc1cccc(CNC2NC(=O)C3CNN(C4CCCC4)C3N2)c1. The predicted octanol–water partition coefficient (Wildman–Crippen LogP) is 0.493. The van der Waals surface area contributed by atoms with Crippen LogP contribution in [0.5, 0.6) is 5.75 Å². The number of hydrogen-bond acceptors (Lipinski definition) is 6. The van der Waals surface area contributed by atoms with Crippen LogP contribution in [0.1, 0.15) is 31.2 Å². The number of carbonyl (C=O) groups is 1. The molecule has 1 aromatic carbocycles. The first-order valence-corrected chi connectivity index (χ1v) is 9.19. The minimum absolute atomic E-state index is 0.0320. The highest BCUT2D eigenvalue weighted by molar-refractivity contribution is 5.81. The van der Waals surface area contributed by atoms with Crippen LogP contribution >= 0.6 is 0 Å². The van der Waals surface area contributed by atoms with E-state index in [1.165, 1.54) is 25.7 Å². The number of amides is 1. The van der Waals surface area contributed by atoms with Gasteiger partial charge < -0.3 is 10.1 Å². The number of nitrogens with zero attached hydrogens (tertiary/aromatic N) is 1. The number of fused-ring (bicyclic) bond motifs is 1. The van der Waals surface area contributed by atoms with E-state index in [1.807, 2.05) is 24.3 Å². The molecule has 0 radical (unpaired) electrons. The van der Waals surface area contributed by atoms with Crippen LogP contribution in [0, 0.1) is 5.92 Å². The highest BCUT2D eigenvalue weighted by atomic mass is 16.5. The molecule has 4 N–H and O–H groups in total. The van der Waals surface area contributed by atoms with Crippen LogP contribution in [-0.2, 0) is 11.3 Å². The average Bonchev–Trinajstić information content (AvgIpc) is 3.29. The molecule has 1 aliphatic carbocycles. The maximum atomic E-state index is 12.5. The van der Waals surface area contributed by atoms with Crippen molar-refractivity contribution in [1.82, 2.24) is 26.4 Å². The number of methoxy groups -OCH3 is 1. The third-order valence-electron chi connectivity index (χ3n) is 5.50. The summed E-state index contributed by atoms with van der Waals surface area (Å²) >= 11 is 0. The fourth-order valence-electron chi connectivity index (χ4n) is 4.15. The average molecular weight is 345 g/mol. The lowest BCUT2D eigenvalue weighted by atomic mass is 10.0. The highest BCUT2D eigenvalue weighted by Crippen LogP contribution is 2.29. The molecular formula is C18H27N5O2. The van der Waals surface area contributed by atoms with Crippen LogP contribution in [0.4, 0.5) is 0 Å². The van der Waals surface area contributed by atoms with E-state index < -0.39 is 0 Å². The lowest BCUT2D eigenvalue weighted by Crippen LogP contribution is -2.69. The number of hydrogen-bond donors (Lipinski definition) is 4. The number of nitrogens with one attached hydrogen (secondary N) is 4. The van der Waals surface area contributed by atoms with Gasteiger partial charge in [0.05, 0.1) is 19.2 Å². The molecule has 0 bridgehead atoms. The van der Waals surface area contributed by atoms with Crippen molar-refractivity contribution in [3.63, 3.8) is 0 Å². The summed E-state index contributed by atoms with van der Waals surface area (Å²) < 4.78 is 5.26. The third kappa shape index (κ3) is 3.50. The molecule has 25 heavy (non-hydrogen) atoms. The second kappa shape index (κ2) is 7.29. The molecule has 3 atom stereocenters. The predicted molar refractivity (Wildman–Crippen MR) is 94.3 cm³/mol. The van der Waals surface area contributed by atoms with Crippen molar-refractivity contribution in [3.05, 3.63) is 29.8 Å². The van der Waals surface area contributed by atoms with Gasteiger partial charge in [-0.25, -0.2) is 5.01 Å². The highest BCUT2D eigenvalue weighted by Gasteiger charge is 2.46. The molecule has 2 heterocycles. The van der Waals surface area contributed by atoms with Gasteiger partial charge in [-0.3, -0.25) is 20.9 Å². The van der Waals surface area contributed by atoms with Crippen molar-refractivity contribution in [2.75, 3.05) is 13.7 Å². The summed E-state index contributed by atoms with van der Waals surface area (Å²) in [6.07, 6.45) is 4.81. The Morgan fingerprint density at radius 1 is 1.32 bits per heavy atom. The molecule has 3 unspecified atom stereocenters. The van der Waals surface area contributed by atoms with Gasteiger partial charge in [0, 0.05) is 19.1 Å². The van der Waals surface area contributed by atoms with Crippen molar-refractivity contribution in [2.45, 2.75) is 50.7 Å². The smallest absolute Gasteiger partial charge is 0.229 e. The van der Waals surface area contributed by atoms with E-state index in [2.05, 4.69) is 26.4 Å². The van der Waals surface area contributed by atoms with E-state index in [0.717, 1.165) is 11.3 Å². The van der Waals surface area contributed by atoms with Gasteiger partial charge in [0.15, 0.2) is 0 Å². The first-order valence-electron chi connectivity index (χ1n) is 9.19. The Morgan fingerprint density at radius 3 is 2.96 bits per heavy atom. The fraction of sp³-hybridized carbons (Fsp3) is 0.611. The molecule has 1 saturated carbocycles. The standard InChI is InChI=1S/C18H27N5O2/c1-25-14-8-4-5-12(9-14)10-19-18-21-16-15(17(24)22-18)11-20-23(16)13-6-2-3-7-13/h4-5,8-9,13,15-16,18-21H,2-3,6-7,10-11H2,1H3,(H,22,24). The number of ether oxygens (including phenoxy) is 1. The van der Waals surface area contributed by atoms with Crippen molar-refractivity contribution in [3.8, 4) is 5.75 Å². The van der Waals surface area contributed by atoms with Gasteiger partial charge in [0.1, 0.15) is 12.0 Å². The molecule has 7 nitrogen and oxygen atoms in total. The zero-order valence-electron chi connectivity index (χ0n) is 14.6. The first kappa shape index (κ1) is 16.8. The van der Waals surface area contributed by atoms with Crippen LogP contribution in [0.3, 0.4) is 0 Å². The van der Waals surface area contributed by atoms with E-state index in [9.17, 15) is 4.79 Å². The Morgan fingerprint density at radius 2 is 2.16 bits per heavy atom. The maximum Gasteiger partial charge on any atom is 0.229 e. The van der Waals surface area contributed by atoms with E-state index in [1.54, 1.807) is 7.11 Å². The first-order chi connectivity index (χ1) is 12.2. The number of carbonyl (C=O) groups excluding carboxylic acids is 1. The van der Waals surface area contributed by atoms with E-state index >= 15 is 0 Å². The molecule has 3 aliphatic rings. The third-order valence-corrected chi connectivity index (χ3v) is 5.50. The molecule has 2 saturated heterocycles. The lowest BCUT2D eigenvalue weighted by molar-refractivity contribution is -0.130. The molecule has 2 aliphatic heterocycles. The van der Waals surface area contributed by atoms with Gasteiger partial charge in [0.25, 0.3) is 0 Å². The van der Waals surface area contributed by atoms with E-state index in [4.69, 9.17) is 4.74 Å². The summed E-state index contributed by atoms with van der Waals surface area (Å²) in [6.45, 7) is 1.37. The van der Waals surface area contributed by atoms with Crippen molar-refractivity contribution in [2.24, 2.45) is 5.92 Å². The summed E-state index contributed by atoms with van der Waals surface area (Å²) in [7, 11) is 1.67. The van der Waals surface area contributed by atoms with Crippen molar-refractivity contribution in [1.29, 1.82) is 0 Å². The van der Waals surface area contributed by atoms with Crippen LogP contribution in [-0.4, -0.2) is 43.1 Å². The Balaban J connectivity index is 1.38. The number of hydrazine groups is 1. The van der Waals surface area contributed by atoms with Gasteiger partial charge >= 0.3 is 0 Å². The maximum absolute atomic E-state index is 12.5. The Kier molecular flexibility index (Phi) is 4.89. The number of benzene rings is 1. The van der Waals surface area contributed by atoms with Gasteiger partial charge in [-0.1, -0.05) is 25.0 Å². The molecular weight excluding hydrogens is 318 g/mol. The zero-order valence-corrected chi connectivity index (χ0v) is 14.6. The molecule has 0 spiro atoms. The summed E-state index contributed by atoms with van der Waals surface area (Å²) in [5.41, 5.74) is 4.57. The van der Waals surface area contributed by atoms with Crippen molar-refractivity contribution >= 4 is 5.91 Å². The molecule has 3 fully saturated rings. The normalized spacial score (nSPS) is 30.3. The Labute approximate surface area is 148 Å². The molecule has 7 heteroatoms. The number of rotatable bonds is 5. The second-order valence-corrected chi connectivity index (χ2v) is 7.10. The Hall–Kier alpha value is -1.67. The quantitative estimate of drug-likeness (QED) is 0.622. The zero-order chi connectivity index (χ0) is 17.2. The summed E-state index contributed by atoms with van der Waals surface area (Å²) in [4.78, 5) is 12.5.